The molecule has 1 amide bonds. The van der Waals surface area contributed by atoms with E-state index < -0.39 is 0 Å². The Morgan fingerprint density at radius 2 is 1.95 bits per heavy atom. The molecule has 1 N–H and O–H groups in total. The molecule has 21 heavy (non-hydrogen) atoms. The van der Waals surface area contributed by atoms with Crippen LogP contribution < -0.4 is 14.8 Å². The van der Waals surface area contributed by atoms with Gasteiger partial charge in [-0.3, -0.25) is 4.79 Å². The van der Waals surface area contributed by atoms with Crippen LogP contribution in [-0.2, 0) is 11.3 Å². The van der Waals surface area contributed by atoms with E-state index in [1.807, 2.05) is 25.2 Å². The molecule has 0 fully saturated rings. The van der Waals surface area contributed by atoms with Gasteiger partial charge in [-0.25, -0.2) is 0 Å². The first-order valence-electron chi connectivity index (χ1n) is 7.28. The molecular formula is C16H26N2O3. The lowest BCUT2D eigenvalue weighted by Gasteiger charge is -2.17. The number of unbranched alkanes of at least 4 members (excludes halogenated alkanes) is 1. The van der Waals surface area contributed by atoms with Crippen molar-refractivity contribution in [3.05, 3.63) is 23.8 Å². The minimum absolute atomic E-state index is 0.115. The van der Waals surface area contributed by atoms with E-state index in [0.717, 1.165) is 24.9 Å². The summed E-state index contributed by atoms with van der Waals surface area (Å²) in [6, 6.07) is 5.74. The summed E-state index contributed by atoms with van der Waals surface area (Å²) in [6.45, 7) is 3.89. The van der Waals surface area contributed by atoms with Gasteiger partial charge in [0.25, 0.3) is 0 Å². The molecule has 0 aliphatic rings. The van der Waals surface area contributed by atoms with Crippen molar-refractivity contribution in [2.24, 2.45) is 0 Å². The van der Waals surface area contributed by atoms with Gasteiger partial charge in [0.05, 0.1) is 20.8 Å². The van der Waals surface area contributed by atoms with Gasteiger partial charge in [-0.15, -0.1) is 0 Å². The molecule has 0 bridgehead atoms. The number of carbonyl (C=O) groups excluding carboxylic acids is 1. The van der Waals surface area contributed by atoms with Gasteiger partial charge in [0.1, 0.15) is 0 Å². The highest BCUT2D eigenvalue weighted by molar-refractivity contribution is 5.77. The molecule has 1 aromatic rings. The van der Waals surface area contributed by atoms with Gasteiger partial charge in [0.15, 0.2) is 11.5 Å². The van der Waals surface area contributed by atoms with Crippen LogP contribution in [-0.4, -0.2) is 45.2 Å². The zero-order valence-electron chi connectivity index (χ0n) is 13.4. The molecule has 0 saturated heterocycles. The Bertz CT molecular complexity index is 449. The average molecular weight is 294 g/mol. The summed E-state index contributed by atoms with van der Waals surface area (Å²) < 4.78 is 10.5. The molecule has 118 valence electrons. The Balaban J connectivity index is 2.43. The van der Waals surface area contributed by atoms with Gasteiger partial charge >= 0.3 is 0 Å². The maximum absolute atomic E-state index is 11.9. The molecule has 0 saturated carbocycles. The SMILES string of the molecule is CCCCN(C)C(=O)CNCc1ccc(OC)c(OC)c1. The molecule has 0 atom stereocenters. The van der Waals surface area contributed by atoms with E-state index in [9.17, 15) is 4.79 Å². The van der Waals surface area contributed by atoms with Crippen LogP contribution in [0.5, 0.6) is 11.5 Å². The van der Waals surface area contributed by atoms with Gasteiger partial charge in [-0.2, -0.15) is 0 Å². The summed E-state index contributed by atoms with van der Waals surface area (Å²) in [4.78, 5) is 13.7. The van der Waals surface area contributed by atoms with Crippen molar-refractivity contribution in [3.63, 3.8) is 0 Å². The predicted molar refractivity (Wildman–Crippen MR) is 83.8 cm³/mol. The summed E-state index contributed by atoms with van der Waals surface area (Å²) in [5, 5.41) is 3.16. The Hall–Kier alpha value is -1.75. The predicted octanol–water partition coefficient (Wildman–Crippen LogP) is 2.05. The molecule has 0 aliphatic heterocycles. The minimum Gasteiger partial charge on any atom is -0.493 e. The second kappa shape index (κ2) is 9.23. The number of hydrogen-bond donors (Lipinski definition) is 1. The molecule has 0 aliphatic carbocycles. The van der Waals surface area contributed by atoms with Crippen LogP contribution in [0, 0.1) is 0 Å². The Morgan fingerprint density at radius 3 is 2.57 bits per heavy atom. The lowest BCUT2D eigenvalue weighted by atomic mass is 10.2. The topological polar surface area (TPSA) is 50.8 Å². The number of hydrogen-bond acceptors (Lipinski definition) is 4. The third-order valence-electron chi connectivity index (χ3n) is 3.33. The number of ether oxygens (including phenoxy) is 2. The molecule has 0 heterocycles. The quantitative estimate of drug-likeness (QED) is 0.757. The number of nitrogens with zero attached hydrogens (tertiary/aromatic N) is 1. The van der Waals surface area contributed by atoms with Crippen molar-refractivity contribution in [2.45, 2.75) is 26.3 Å². The van der Waals surface area contributed by atoms with Crippen molar-refractivity contribution in [1.29, 1.82) is 0 Å². The van der Waals surface area contributed by atoms with Gasteiger partial charge in [-0.1, -0.05) is 19.4 Å². The van der Waals surface area contributed by atoms with E-state index in [2.05, 4.69) is 12.2 Å². The molecule has 0 radical (unpaired) electrons. The second-order valence-electron chi connectivity index (χ2n) is 4.96. The molecule has 1 rings (SSSR count). The van der Waals surface area contributed by atoms with E-state index in [0.29, 0.717) is 24.6 Å². The van der Waals surface area contributed by atoms with E-state index in [1.54, 1.807) is 19.1 Å². The third kappa shape index (κ3) is 5.63. The first-order valence-corrected chi connectivity index (χ1v) is 7.28. The lowest BCUT2D eigenvalue weighted by molar-refractivity contribution is -0.129. The summed E-state index contributed by atoms with van der Waals surface area (Å²) in [7, 11) is 5.07. The van der Waals surface area contributed by atoms with Crippen molar-refractivity contribution in [3.8, 4) is 11.5 Å². The van der Waals surface area contributed by atoms with Crippen LogP contribution in [0.3, 0.4) is 0 Å². The van der Waals surface area contributed by atoms with Crippen molar-refractivity contribution >= 4 is 5.91 Å². The van der Waals surface area contributed by atoms with Crippen molar-refractivity contribution < 1.29 is 14.3 Å². The number of amides is 1. The van der Waals surface area contributed by atoms with Crippen molar-refractivity contribution in [1.82, 2.24) is 10.2 Å². The van der Waals surface area contributed by atoms with Crippen LogP contribution in [0.15, 0.2) is 18.2 Å². The van der Waals surface area contributed by atoms with E-state index >= 15 is 0 Å². The maximum atomic E-state index is 11.9. The monoisotopic (exact) mass is 294 g/mol. The zero-order valence-corrected chi connectivity index (χ0v) is 13.4. The molecule has 1 aromatic carbocycles. The number of methoxy groups -OCH3 is 2. The molecule has 0 aromatic heterocycles. The highest BCUT2D eigenvalue weighted by atomic mass is 16.5. The standard InChI is InChI=1S/C16H26N2O3/c1-5-6-9-18(2)16(19)12-17-11-13-7-8-14(20-3)15(10-13)21-4/h7-8,10,17H,5-6,9,11-12H2,1-4H3. The summed E-state index contributed by atoms with van der Waals surface area (Å²) in [5.74, 6) is 1.52. The Labute approximate surface area is 127 Å². The molecule has 5 heteroatoms. The molecule has 5 nitrogen and oxygen atoms in total. The van der Waals surface area contributed by atoms with Crippen LogP contribution in [0.4, 0.5) is 0 Å². The summed E-state index contributed by atoms with van der Waals surface area (Å²) in [6.07, 6.45) is 2.13. The largest absolute Gasteiger partial charge is 0.493 e. The zero-order chi connectivity index (χ0) is 15.7. The highest BCUT2D eigenvalue weighted by Gasteiger charge is 2.08. The van der Waals surface area contributed by atoms with E-state index in [-0.39, 0.29) is 5.91 Å². The number of nitrogens with one attached hydrogen (secondary N) is 1. The number of likely N-dealkylation sites (N-methyl/N-ethyl adjacent to an activating group) is 1. The van der Waals surface area contributed by atoms with Gasteiger partial charge in [0, 0.05) is 20.1 Å². The normalized spacial score (nSPS) is 10.3. The van der Waals surface area contributed by atoms with Crippen LogP contribution in [0.2, 0.25) is 0 Å². The van der Waals surface area contributed by atoms with Crippen molar-refractivity contribution in [2.75, 3.05) is 34.4 Å². The van der Waals surface area contributed by atoms with Gasteiger partial charge in [0.2, 0.25) is 5.91 Å². The molecule has 0 spiro atoms. The van der Waals surface area contributed by atoms with Gasteiger partial charge < -0.3 is 19.7 Å². The van der Waals surface area contributed by atoms with E-state index in [4.69, 9.17) is 9.47 Å². The Morgan fingerprint density at radius 1 is 1.24 bits per heavy atom. The highest BCUT2D eigenvalue weighted by Crippen LogP contribution is 2.27. The Kier molecular flexibility index (Phi) is 7.61. The van der Waals surface area contributed by atoms with Gasteiger partial charge in [-0.05, 0) is 24.1 Å². The summed E-state index contributed by atoms with van der Waals surface area (Å²) in [5.41, 5.74) is 1.05. The fourth-order valence-electron chi connectivity index (χ4n) is 1.96. The molecular weight excluding hydrogens is 268 g/mol. The smallest absolute Gasteiger partial charge is 0.236 e. The minimum atomic E-state index is 0.115. The fourth-order valence-corrected chi connectivity index (χ4v) is 1.96. The fraction of sp³-hybridized carbons (Fsp3) is 0.562. The van der Waals surface area contributed by atoms with E-state index in [1.165, 1.54) is 0 Å². The number of benzene rings is 1. The number of rotatable bonds is 9. The summed E-state index contributed by atoms with van der Waals surface area (Å²) >= 11 is 0. The number of carbonyl (C=O) groups is 1. The second-order valence-corrected chi connectivity index (χ2v) is 4.96. The van der Waals surface area contributed by atoms with Crippen LogP contribution in [0.1, 0.15) is 25.3 Å². The first kappa shape index (κ1) is 17.3. The van der Waals surface area contributed by atoms with Crippen LogP contribution in [0.25, 0.3) is 0 Å². The molecule has 0 unspecified atom stereocenters. The lowest BCUT2D eigenvalue weighted by Crippen LogP contribution is -2.35. The average Bonchev–Trinajstić information content (AvgIpc) is 2.52. The maximum Gasteiger partial charge on any atom is 0.236 e. The third-order valence-corrected chi connectivity index (χ3v) is 3.33. The first-order chi connectivity index (χ1) is 10.1. The van der Waals surface area contributed by atoms with Crippen LogP contribution >= 0.6 is 0 Å².